The van der Waals surface area contributed by atoms with E-state index in [0.29, 0.717) is 5.69 Å². The molecule has 0 saturated heterocycles. The monoisotopic (exact) mass is 322 g/mol. The van der Waals surface area contributed by atoms with Crippen LogP contribution in [0.4, 0.5) is 11.4 Å². The molecule has 1 heterocycles. The van der Waals surface area contributed by atoms with Gasteiger partial charge in [0.05, 0.1) is 12.0 Å². The van der Waals surface area contributed by atoms with Gasteiger partial charge in [0.2, 0.25) is 0 Å². The molecule has 0 fully saturated rings. The number of carbonyl (C=O) groups is 1. The van der Waals surface area contributed by atoms with Crippen molar-refractivity contribution in [1.82, 2.24) is 0 Å². The number of hydrogen-bond acceptors (Lipinski definition) is 3. The van der Waals surface area contributed by atoms with Crippen molar-refractivity contribution >= 4 is 34.6 Å². The average Bonchev–Trinajstić information content (AvgIpc) is 3.11. The zero-order valence-corrected chi connectivity index (χ0v) is 13.0. The number of nitrogens with zero attached hydrogens (tertiary/aromatic N) is 1. The molecule has 0 saturated carbocycles. The molecule has 0 bridgehead atoms. The van der Waals surface area contributed by atoms with E-state index >= 15 is 0 Å². The third-order valence-electron chi connectivity index (χ3n) is 3.18. The number of carbonyl (C=O) groups excluding carboxylic acids is 1. The van der Waals surface area contributed by atoms with E-state index in [-0.39, 0.29) is 16.8 Å². The van der Waals surface area contributed by atoms with Crippen molar-refractivity contribution in [3.8, 4) is 0 Å². The maximum absolute atomic E-state index is 12.7. The van der Waals surface area contributed by atoms with E-state index < -0.39 is 0 Å². The zero-order valence-electron chi connectivity index (χ0n) is 12.2. The van der Waals surface area contributed by atoms with Gasteiger partial charge in [0.1, 0.15) is 0 Å². The second-order valence-electron chi connectivity index (χ2n) is 4.75. The zero-order chi connectivity index (χ0) is 16.1. The Morgan fingerprint density at radius 1 is 0.913 bits per heavy atom. The number of nitrogens with one attached hydrogen (secondary N) is 1. The minimum absolute atomic E-state index is 0.228. The van der Waals surface area contributed by atoms with Crippen molar-refractivity contribution in [1.29, 1.82) is 0 Å². The highest BCUT2D eigenvalue weighted by molar-refractivity contribution is 7.80. The Morgan fingerprint density at radius 3 is 2.17 bits per heavy atom. The molecule has 0 unspecified atom stereocenters. The summed E-state index contributed by atoms with van der Waals surface area (Å²) in [5.41, 5.74) is 1.48. The Hall–Kier alpha value is -2.92. The van der Waals surface area contributed by atoms with Crippen LogP contribution in [0.3, 0.4) is 0 Å². The number of hydrogen-bond donors (Lipinski definition) is 1. The Bertz CT molecular complexity index is 786. The molecule has 1 amide bonds. The molecular weight excluding hydrogens is 308 g/mol. The lowest BCUT2D eigenvalue weighted by Crippen LogP contribution is -2.39. The molecule has 0 aliphatic carbocycles. The van der Waals surface area contributed by atoms with Crippen molar-refractivity contribution in [2.24, 2.45) is 0 Å². The number of anilines is 2. The molecular formula is C18H14N2O2S. The van der Waals surface area contributed by atoms with Crippen LogP contribution < -0.4 is 10.2 Å². The lowest BCUT2D eigenvalue weighted by molar-refractivity contribution is 0.0976. The Balaban J connectivity index is 1.92. The lowest BCUT2D eigenvalue weighted by atomic mass is 10.2. The fraction of sp³-hybridized carbons (Fsp3) is 0. The SMILES string of the molecule is O=C(c1ccco1)N(C(=S)Nc1ccccc1)c1ccccc1. The Kier molecular flexibility index (Phi) is 4.49. The Morgan fingerprint density at radius 2 is 1.57 bits per heavy atom. The van der Waals surface area contributed by atoms with Crippen LogP contribution in [0.2, 0.25) is 0 Å². The minimum atomic E-state index is -0.324. The predicted octanol–water partition coefficient (Wildman–Crippen LogP) is 4.32. The van der Waals surface area contributed by atoms with Crippen LogP contribution in [0.25, 0.3) is 0 Å². The largest absolute Gasteiger partial charge is 0.459 e. The van der Waals surface area contributed by atoms with Crippen LogP contribution >= 0.6 is 12.2 Å². The standard InChI is InChI=1S/C18H14N2O2S/c21-17(16-12-7-13-22-16)20(15-10-5-2-6-11-15)18(23)19-14-8-3-1-4-9-14/h1-13H,(H,19,23). The van der Waals surface area contributed by atoms with Crippen LogP contribution in [0.15, 0.2) is 83.5 Å². The van der Waals surface area contributed by atoms with Crippen molar-refractivity contribution in [3.63, 3.8) is 0 Å². The molecule has 4 nitrogen and oxygen atoms in total. The van der Waals surface area contributed by atoms with Crippen LogP contribution in [-0.2, 0) is 0 Å². The van der Waals surface area contributed by atoms with Gasteiger partial charge in [-0.3, -0.25) is 9.69 Å². The topological polar surface area (TPSA) is 45.5 Å². The third-order valence-corrected chi connectivity index (χ3v) is 3.46. The highest BCUT2D eigenvalue weighted by Gasteiger charge is 2.24. The fourth-order valence-corrected chi connectivity index (χ4v) is 2.42. The summed E-state index contributed by atoms with van der Waals surface area (Å²) in [4.78, 5) is 14.2. The second-order valence-corrected chi connectivity index (χ2v) is 5.14. The summed E-state index contributed by atoms with van der Waals surface area (Å²) in [5, 5.41) is 3.36. The van der Waals surface area contributed by atoms with Gasteiger partial charge < -0.3 is 9.73 Å². The first-order chi connectivity index (χ1) is 11.3. The molecule has 1 N–H and O–H groups in total. The molecule has 1 aromatic heterocycles. The lowest BCUT2D eigenvalue weighted by Gasteiger charge is -2.23. The summed E-state index contributed by atoms with van der Waals surface area (Å²) >= 11 is 5.44. The highest BCUT2D eigenvalue weighted by atomic mass is 32.1. The van der Waals surface area contributed by atoms with E-state index in [9.17, 15) is 4.79 Å². The molecule has 3 rings (SSSR count). The molecule has 0 atom stereocenters. The van der Waals surface area contributed by atoms with Crippen molar-refractivity contribution in [3.05, 3.63) is 84.8 Å². The first-order valence-electron chi connectivity index (χ1n) is 7.05. The highest BCUT2D eigenvalue weighted by Crippen LogP contribution is 2.19. The summed E-state index contributed by atoms with van der Waals surface area (Å²) < 4.78 is 5.22. The number of furan rings is 1. The maximum Gasteiger partial charge on any atom is 0.300 e. The quantitative estimate of drug-likeness (QED) is 0.729. The average molecular weight is 322 g/mol. The fourth-order valence-electron chi connectivity index (χ4n) is 2.12. The van der Waals surface area contributed by atoms with E-state index in [1.54, 1.807) is 12.1 Å². The second kappa shape index (κ2) is 6.89. The summed E-state index contributed by atoms with van der Waals surface area (Å²) in [7, 11) is 0. The van der Waals surface area contributed by atoms with Crippen molar-refractivity contribution in [2.45, 2.75) is 0 Å². The predicted molar refractivity (Wildman–Crippen MR) is 94.6 cm³/mol. The molecule has 3 aromatic rings. The molecule has 0 radical (unpaired) electrons. The van der Waals surface area contributed by atoms with E-state index in [2.05, 4.69) is 5.32 Å². The van der Waals surface area contributed by atoms with Gasteiger partial charge in [-0.2, -0.15) is 0 Å². The third kappa shape index (κ3) is 3.46. The molecule has 0 spiro atoms. The molecule has 0 aliphatic heterocycles. The Labute approximate surface area is 139 Å². The van der Waals surface area contributed by atoms with Gasteiger partial charge in [0.15, 0.2) is 10.9 Å². The van der Waals surface area contributed by atoms with Crippen LogP contribution in [0, 0.1) is 0 Å². The first kappa shape index (κ1) is 15.0. The van der Waals surface area contributed by atoms with Gasteiger partial charge in [-0.25, -0.2) is 0 Å². The van der Waals surface area contributed by atoms with Gasteiger partial charge >= 0.3 is 0 Å². The smallest absolute Gasteiger partial charge is 0.300 e. The molecule has 2 aromatic carbocycles. The van der Waals surface area contributed by atoms with Gasteiger partial charge in [-0.05, 0) is 48.6 Å². The van der Waals surface area contributed by atoms with E-state index in [4.69, 9.17) is 16.6 Å². The number of benzene rings is 2. The minimum Gasteiger partial charge on any atom is -0.459 e. The molecule has 0 aliphatic rings. The summed E-state index contributed by atoms with van der Waals surface area (Å²) in [6.45, 7) is 0. The molecule has 23 heavy (non-hydrogen) atoms. The van der Waals surface area contributed by atoms with E-state index in [1.807, 2.05) is 60.7 Å². The van der Waals surface area contributed by atoms with E-state index in [0.717, 1.165) is 5.69 Å². The van der Waals surface area contributed by atoms with Crippen LogP contribution in [0.1, 0.15) is 10.6 Å². The summed E-state index contributed by atoms with van der Waals surface area (Å²) in [6, 6.07) is 22.0. The van der Waals surface area contributed by atoms with Crippen molar-refractivity contribution < 1.29 is 9.21 Å². The van der Waals surface area contributed by atoms with Crippen LogP contribution in [-0.4, -0.2) is 11.0 Å². The summed E-state index contributed by atoms with van der Waals surface area (Å²) in [6.07, 6.45) is 1.46. The van der Waals surface area contributed by atoms with Crippen molar-refractivity contribution in [2.75, 3.05) is 10.2 Å². The molecule has 114 valence electrons. The summed E-state index contributed by atoms with van der Waals surface area (Å²) in [5.74, 6) is -0.0966. The van der Waals surface area contributed by atoms with Gasteiger partial charge in [-0.15, -0.1) is 0 Å². The number of para-hydroxylation sites is 2. The van der Waals surface area contributed by atoms with Gasteiger partial charge in [-0.1, -0.05) is 36.4 Å². The normalized spacial score (nSPS) is 10.1. The van der Waals surface area contributed by atoms with Gasteiger partial charge in [0, 0.05) is 5.69 Å². The number of amides is 1. The van der Waals surface area contributed by atoms with Gasteiger partial charge in [0.25, 0.3) is 5.91 Å². The number of rotatable bonds is 3. The maximum atomic E-state index is 12.7. The number of thiocarbonyl (C=S) groups is 1. The van der Waals surface area contributed by atoms with Crippen LogP contribution in [0.5, 0.6) is 0 Å². The van der Waals surface area contributed by atoms with E-state index in [1.165, 1.54) is 11.2 Å². The molecule has 5 heteroatoms. The first-order valence-corrected chi connectivity index (χ1v) is 7.45.